The van der Waals surface area contributed by atoms with E-state index in [0.29, 0.717) is 5.92 Å². The fourth-order valence-electron chi connectivity index (χ4n) is 3.08. The quantitative estimate of drug-likeness (QED) is 0.742. The van der Waals surface area contributed by atoms with Crippen LogP contribution < -0.4 is 5.32 Å². The summed E-state index contributed by atoms with van der Waals surface area (Å²) < 4.78 is 0. The number of fused-ring (bicyclic) bond motifs is 1. The van der Waals surface area contributed by atoms with Crippen LogP contribution in [-0.4, -0.2) is 16.8 Å². The molecular weight excluding hydrogens is 262 g/mol. The lowest BCUT2D eigenvalue weighted by molar-refractivity contribution is -0.690. The number of rotatable bonds is 2. The van der Waals surface area contributed by atoms with Crippen molar-refractivity contribution in [1.29, 1.82) is 0 Å². The summed E-state index contributed by atoms with van der Waals surface area (Å²) in [4.78, 5) is 0. The van der Waals surface area contributed by atoms with Gasteiger partial charge >= 0.3 is 0 Å². The zero-order valence-corrected chi connectivity index (χ0v) is 12.5. The fourth-order valence-corrected chi connectivity index (χ4v) is 3.08. The summed E-state index contributed by atoms with van der Waals surface area (Å²) in [6, 6.07) is 12.3. The topological polar surface area (TPSA) is 57.1 Å². The number of aromatic hydroxyl groups is 2. The molecule has 2 aromatic carbocycles. The van der Waals surface area contributed by atoms with Gasteiger partial charge in [-0.3, -0.25) is 0 Å². The van der Waals surface area contributed by atoms with E-state index in [2.05, 4.69) is 43.4 Å². The van der Waals surface area contributed by atoms with E-state index in [-0.39, 0.29) is 17.5 Å². The first-order valence-electron chi connectivity index (χ1n) is 7.54. The van der Waals surface area contributed by atoms with Gasteiger partial charge in [-0.1, -0.05) is 38.1 Å². The van der Waals surface area contributed by atoms with Crippen LogP contribution in [0.1, 0.15) is 48.1 Å². The molecule has 3 heteroatoms. The third-order valence-corrected chi connectivity index (χ3v) is 4.35. The average Bonchev–Trinajstić information content (AvgIpc) is 2.48. The molecule has 1 aliphatic heterocycles. The molecule has 3 nitrogen and oxygen atoms in total. The van der Waals surface area contributed by atoms with Crippen molar-refractivity contribution >= 4 is 0 Å². The summed E-state index contributed by atoms with van der Waals surface area (Å²) >= 11 is 0. The van der Waals surface area contributed by atoms with Crippen LogP contribution in [0.5, 0.6) is 11.5 Å². The van der Waals surface area contributed by atoms with Gasteiger partial charge in [0, 0.05) is 17.5 Å². The molecule has 21 heavy (non-hydrogen) atoms. The smallest absolute Gasteiger partial charge is 0.157 e. The van der Waals surface area contributed by atoms with Crippen LogP contribution in [0.3, 0.4) is 0 Å². The monoisotopic (exact) mass is 284 g/mol. The normalized spacial score (nSPS) is 17.8. The van der Waals surface area contributed by atoms with Gasteiger partial charge in [-0.2, -0.15) is 0 Å². The van der Waals surface area contributed by atoms with E-state index in [9.17, 15) is 10.2 Å². The van der Waals surface area contributed by atoms with Crippen LogP contribution in [0.15, 0.2) is 36.4 Å². The molecule has 0 aliphatic carbocycles. The Morgan fingerprint density at radius 1 is 1.05 bits per heavy atom. The van der Waals surface area contributed by atoms with Crippen molar-refractivity contribution in [3.63, 3.8) is 0 Å². The minimum absolute atomic E-state index is 0.0236. The van der Waals surface area contributed by atoms with E-state index in [1.54, 1.807) is 12.1 Å². The molecule has 0 unspecified atom stereocenters. The molecule has 3 rings (SSSR count). The van der Waals surface area contributed by atoms with Crippen molar-refractivity contribution in [2.24, 2.45) is 0 Å². The van der Waals surface area contributed by atoms with Crippen molar-refractivity contribution in [3.8, 4) is 11.5 Å². The first-order valence-corrected chi connectivity index (χ1v) is 7.54. The second-order valence-electron chi connectivity index (χ2n) is 6.11. The second kappa shape index (κ2) is 5.41. The van der Waals surface area contributed by atoms with Gasteiger partial charge in [0.25, 0.3) is 0 Å². The number of phenols is 2. The Hall–Kier alpha value is -2.00. The largest absolute Gasteiger partial charge is 0.504 e. The number of quaternary nitrogens is 1. The fraction of sp³-hybridized carbons (Fsp3) is 0.333. The maximum absolute atomic E-state index is 9.79. The molecule has 2 aromatic rings. The van der Waals surface area contributed by atoms with Crippen LogP contribution in [0.4, 0.5) is 0 Å². The summed E-state index contributed by atoms with van der Waals surface area (Å²) in [5, 5.41) is 21.8. The highest BCUT2D eigenvalue weighted by atomic mass is 16.3. The van der Waals surface area contributed by atoms with Gasteiger partial charge in [0.2, 0.25) is 0 Å². The van der Waals surface area contributed by atoms with Crippen LogP contribution in [-0.2, 0) is 6.42 Å². The molecule has 0 saturated heterocycles. The van der Waals surface area contributed by atoms with E-state index in [1.165, 1.54) is 11.1 Å². The van der Waals surface area contributed by atoms with Gasteiger partial charge in [0.05, 0.1) is 6.54 Å². The highest BCUT2D eigenvalue weighted by Crippen LogP contribution is 2.34. The molecule has 1 aliphatic rings. The summed E-state index contributed by atoms with van der Waals surface area (Å²) in [5.41, 5.74) is 4.81. The zero-order chi connectivity index (χ0) is 15.0. The Kier molecular flexibility index (Phi) is 3.60. The highest BCUT2D eigenvalue weighted by Gasteiger charge is 2.26. The van der Waals surface area contributed by atoms with Crippen LogP contribution >= 0.6 is 0 Å². The van der Waals surface area contributed by atoms with E-state index >= 15 is 0 Å². The molecule has 4 N–H and O–H groups in total. The van der Waals surface area contributed by atoms with Crippen molar-refractivity contribution < 1.29 is 15.5 Å². The second-order valence-corrected chi connectivity index (χ2v) is 6.11. The lowest BCUT2D eigenvalue weighted by Gasteiger charge is -2.25. The molecule has 0 amide bonds. The number of hydrogen-bond acceptors (Lipinski definition) is 2. The predicted molar refractivity (Wildman–Crippen MR) is 82.6 cm³/mol. The molecule has 0 radical (unpaired) electrons. The third-order valence-electron chi connectivity index (χ3n) is 4.35. The van der Waals surface area contributed by atoms with Crippen LogP contribution in [0.2, 0.25) is 0 Å². The van der Waals surface area contributed by atoms with Crippen molar-refractivity contribution in [2.75, 3.05) is 6.54 Å². The Morgan fingerprint density at radius 2 is 1.71 bits per heavy atom. The van der Waals surface area contributed by atoms with Crippen LogP contribution in [0.25, 0.3) is 0 Å². The zero-order valence-electron chi connectivity index (χ0n) is 12.5. The Labute approximate surface area is 125 Å². The molecule has 0 fully saturated rings. The molecular formula is C18H22NO2+. The average molecular weight is 284 g/mol. The van der Waals surface area contributed by atoms with E-state index in [4.69, 9.17) is 0 Å². The van der Waals surface area contributed by atoms with Crippen LogP contribution in [0, 0.1) is 0 Å². The number of hydrogen-bond donors (Lipinski definition) is 3. The molecule has 0 bridgehead atoms. The SMILES string of the molecule is CC(C)c1ccc([C@H]2[NH2+]CCc3cc(O)c(O)cc32)cc1. The first-order chi connectivity index (χ1) is 10.1. The molecule has 1 heterocycles. The van der Waals surface area contributed by atoms with Gasteiger partial charge in [0.1, 0.15) is 6.04 Å². The minimum atomic E-state index is -0.0344. The molecule has 110 valence electrons. The first kappa shape index (κ1) is 14.0. The van der Waals surface area contributed by atoms with Crippen molar-refractivity contribution in [3.05, 3.63) is 58.7 Å². The lowest BCUT2D eigenvalue weighted by Crippen LogP contribution is -2.87. The van der Waals surface area contributed by atoms with Gasteiger partial charge in [-0.25, -0.2) is 0 Å². The number of phenolic OH excluding ortho intramolecular Hbond substituents is 2. The third kappa shape index (κ3) is 2.61. The standard InChI is InChI=1S/C18H21NO2/c1-11(2)12-3-5-13(6-4-12)18-15-10-17(21)16(20)9-14(15)7-8-19-18/h3-6,9-11,18-21H,7-8H2,1-2H3/p+1/t18-/m1/s1. The lowest BCUT2D eigenvalue weighted by atomic mass is 9.88. The van der Waals surface area contributed by atoms with Gasteiger partial charge < -0.3 is 15.5 Å². The maximum atomic E-state index is 9.79. The van der Waals surface area contributed by atoms with Crippen molar-refractivity contribution in [2.45, 2.75) is 32.2 Å². The number of benzene rings is 2. The number of nitrogens with two attached hydrogens (primary N) is 1. The highest BCUT2D eigenvalue weighted by molar-refractivity contribution is 5.49. The minimum Gasteiger partial charge on any atom is -0.504 e. The summed E-state index contributed by atoms with van der Waals surface area (Å²) in [6.07, 6.45) is 0.920. The van der Waals surface area contributed by atoms with Gasteiger partial charge in [-0.15, -0.1) is 0 Å². The predicted octanol–water partition coefficient (Wildman–Crippen LogP) is 2.43. The molecule has 0 aromatic heterocycles. The maximum Gasteiger partial charge on any atom is 0.157 e. The summed E-state index contributed by atoms with van der Waals surface area (Å²) in [7, 11) is 0. The summed E-state index contributed by atoms with van der Waals surface area (Å²) in [5.74, 6) is 0.472. The summed E-state index contributed by atoms with van der Waals surface area (Å²) in [6.45, 7) is 5.38. The Morgan fingerprint density at radius 3 is 2.38 bits per heavy atom. The van der Waals surface area contributed by atoms with Gasteiger partial charge in [-0.05, 0) is 29.2 Å². The van der Waals surface area contributed by atoms with Crippen molar-refractivity contribution in [1.82, 2.24) is 0 Å². The molecule has 1 atom stereocenters. The van der Waals surface area contributed by atoms with E-state index in [0.717, 1.165) is 24.1 Å². The Bertz CT molecular complexity index is 647. The van der Waals surface area contributed by atoms with E-state index < -0.39 is 0 Å². The Balaban J connectivity index is 1.99. The molecule has 0 saturated carbocycles. The van der Waals surface area contributed by atoms with Gasteiger partial charge in [0.15, 0.2) is 11.5 Å². The van der Waals surface area contributed by atoms with E-state index in [1.807, 2.05) is 0 Å². The molecule has 0 spiro atoms.